The average Bonchev–Trinajstić information content (AvgIpc) is 2.22. The van der Waals surface area contributed by atoms with E-state index < -0.39 is 0 Å². The standard InChI is InChI=1S/C13H18BrFN2.ClH/c1-9-6-17(7-10(2)16-9)8-11-5-12(14)3-4-13(11)15;/h3-5,9-10,16H,6-8H2,1-2H3;1H. The fraction of sp³-hybridized carbons (Fsp3) is 0.538. The summed E-state index contributed by atoms with van der Waals surface area (Å²) in [6.45, 7) is 6.95. The number of hydrogen-bond acceptors (Lipinski definition) is 2. The Hall–Kier alpha value is -0.160. The lowest BCUT2D eigenvalue weighted by Gasteiger charge is -2.36. The normalized spacial score (nSPS) is 24.7. The van der Waals surface area contributed by atoms with Crippen LogP contribution in [0.2, 0.25) is 0 Å². The average molecular weight is 338 g/mol. The summed E-state index contributed by atoms with van der Waals surface area (Å²) < 4.78 is 14.6. The lowest BCUT2D eigenvalue weighted by atomic mass is 10.1. The number of hydrogen-bond donors (Lipinski definition) is 1. The monoisotopic (exact) mass is 336 g/mol. The number of nitrogens with one attached hydrogen (secondary N) is 1. The second-order valence-electron chi connectivity index (χ2n) is 4.90. The van der Waals surface area contributed by atoms with E-state index in [0.717, 1.165) is 23.1 Å². The molecule has 1 N–H and O–H groups in total. The Kier molecular flexibility index (Phi) is 6.05. The van der Waals surface area contributed by atoms with Crippen molar-refractivity contribution in [1.82, 2.24) is 10.2 Å². The molecule has 102 valence electrons. The van der Waals surface area contributed by atoms with Crippen molar-refractivity contribution in [2.24, 2.45) is 0 Å². The predicted molar refractivity (Wildman–Crippen MR) is 78.7 cm³/mol. The molecular weight excluding hydrogens is 319 g/mol. The highest BCUT2D eigenvalue weighted by Gasteiger charge is 2.21. The molecule has 2 nitrogen and oxygen atoms in total. The van der Waals surface area contributed by atoms with E-state index in [1.165, 1.54) is 6.07 Å². The first-order valence-electron chi connectivity index (χ1n) is 5.97. The van der Waals surface area contributed by atoms with Crippen LogP contribution in [0.3, 0.4) is 0 Å². The first-order valence-corrected chi connectivity index (χ1v) is 6.76. The number of benzene rings is 1. The van der Waals surface area contributed by atoms with E-state index >= 15 is 0 Å². The van der Waals surface area contributed by atoms with Crippen molar-refractivity contribution in [1.29, 1.82) is 0 Å². The van der Waals surface area contributed by atoms with Crippen molar-refractivity contribution in [2.75, 3.05) is 13.1 Å². The van der Waals surface area contributed by atoms with Gasteiger partial charge < -0.3 is 5.32 Å². The van der Waals surface area contributed by atoms with Crippen LogP contribution in [0.4, 0.5) is 4.39 Å². The van der Waals surface area contributed by atoms with Gasteiger partial charge in [0.05, 0.1) is 0 Å². The Morgan fingerprint density at radius 3 is 2.56 bits per heavy atom. The minimum absolute atomic E-state index is 0. The highest BCUT2D eigenvalue weighted by molar-refractivity contribution is 9.10. The van der Waals surface area contributed by atoms with Gasteiger partial charge in [-0.25, -0.2) is 4.39 Å². The van der Waals surface area contributed by atoms with Gasteiger partial charge in [0.25, 0.3) is 0 Å². The summed E-state index contributed by atoms with van der Waals surface area (Å²) in [4.78, 5) is 2.30. The van der Waals surface area contributed by atoms with Gasteiger partial charge >= 0.3 is 0 Å². The first-order chi connectivity index (χ1) is 8.04. The summed E-state index contributed by atoms with van der Waals surface area (Å²) in [5.41, 5.74) is 0.765. The van der Waals surface area contributed by atoms with Gasteiger partial charge in [-0.3, -0.25) is 4.90 Å². The maximum Gasteiger partial charge on any atom is 0.127 e. The van der Waals surface area contributed by atoms with E-state index in [9.17, 15) is 4.39 Å². The molecule has 0 radical (unpaired) electrons. The van der Waals surface area contributed by atoms with Crippen LogP contribution >= 0.6 is 28.3 Å². The zero-order valence-corrected chi connectivity index (χ0v) is 13.0. The molecule has 0 bridgehead atoms. The summed E-state index contributed by atoms with van der Waals surface area (Å²) >= 11 is 3.39. The molecule has 0 saturated carbocycles. The van der Waals surface area contributed by atoms with Gasteiger partial charge in [-0.05, 0) is 32.0 Å². The number of nitrogens with zero attached hydrogens (tertiary/aromatic N) is 1. The van der Waals surface area contributed by atoms with Crippen LogP contribution in [0.5, 0.6) is 0 Å². The zero-order chi connectivity index (χ0) is 12.4. The van der Waals surface area contributed by atoms with Gasteiger partial charge in [0.1, 0.15) is 5.82 Å². The number of halogens is 3. The fourth-order valence-corrected chi connectivity index (χ4v) is 2.88. The van der Waals surface area contributed by atoms with E-state index in [1.54, 1.807) is 6.07 Å². The molecule has 2 rings (SSSR count). The van der Waals surface area contributed by atoms with E-state index in [2.05, 4.69) is 40.0 Å². The molecule has 1 aromatic carbocycles. The molecule has 1 aliphatic rings. The fourth-order valence-electron chi connectivity index (χ4n) is 2.47. The van der Waals surface area contributed by atoms with Crippen LogP contribution < -0.4 is 5.32 Å². The molecule has 18 heavy (non-hydrogen) atoms. The topological polar surface area (TPSA) is 15.3 Å². The summed E-state index contributed by atoms with van der Waals surface area (Å²) in [6, 6.07) is 6.06. The van der Waals surface area contributed by atoms with Crippen molar-refractivity contribution in [3.05, 3.63) is 34.1 Å². The molecule has 2 unspecified atom stereocenters. The molecule has 2 atom stereocenters. The number of piperazine rings is 1. The van der Waals surface area contributed by atoms with Gasteiger partial charge in [-0.1, -0.05) is 15.9 Å². The van der Waals surface area contributed by atoms with Crippen molar-refractivity contribution in [3.8, 4) is 0 Å². The lowest BCUT2D eigenvalue weighted by molar-refractivity contribution is 0.165. The highest BCUT2D eigenvalue weighted by atomic mass is 79.9. The lowest BCUT2D eigenvalue weighted by Crippen LogP contribution is -2.53. The van der Waals surface area contributed by atoms with Crippen molar-refractivity contribution >= 4 is 28.3 Å². The summed E-state index contributed by atoms with van der Waals surface area (Å²) in [5.74, 6) is -0.118. The Balaban J connectivity index is 0.00000162. The van der Waals surface area contributed by atoms with Crippen LogP contribution in [0.15, 0.2) is 22.7 Å². The quantitative estimate of drug-likeness (QED) is 0.891. The second-order valence-corrected chi connectivity index (χ2v) is 5.81. The Bertz CT molecular complexity index is 393. The van der Waals surface area contributed by atoms with Gasteiger partial charge in [-0.2, -0.15) is 0 Å². The van der Waals surface area contributed by atoms with E-state index in [1.807, 2.05) is 6.07 Å². The Labute approximate surface area is 122 Å². The van der Waals surface area contributed by atoms with Gasteiger partial charge in [0.2, 0.25) is 0 Å². The third-order valence-electron chi connectivity index (χ3n) is 3.03. The summed E-state index contributed by atoms with van der Waals surface area (Å²) in [5, 5.41) is 3.48. The largest absolute Gasteiger partial charge is 0.309 e. The van der Waals surface area contributed by atoms with Crippen molar-refractivity contribution in [3.63, 3.8) is 0 Å². The first kappa shape index (κ1) is 15.9. The predicted octanol–water partition coefficient (Wildman–Crippen LogP) is 3.19. The molecule has 0 aliphatic carbocycles. The Morgan fingerprint density at radius 1 is 1.33 bits per heavy atom. The van der Waals surface area contributed by atoms with Crippen LogP contribution in [0, 0.1) is 5.82 Å². The molecule has 0 aromatic heterocycles. The van der Waals surface area contributed by atoms with Crippen molar-refractivity contribution in [2.45, 2.75) is 32.5 Å². The molecule has 0 amide bonds. The van der Waals surface area contributed by atoms with Crippen molar-refractivity contribution < 1.29 is 4.39 Å². The maximum atomic E-state index is 13.7. The van der Waals surface area contributed by atoms with E-state index in [0.29, 0.717) is 18.6 Å². The molecule has 5 heteroatoms. The highest BCUT2D eigenvalue weighted by Crippen LogP contribution is 2.18. The van der Waals surface area contributed by atoms with Gasteiger partial charge in [-0.15, -0.1) is 12.4 Å². The molecular formula is C13H19BrClFN2. The van der Waals surface area contributed by atoms with E-state index in [4.69, 9.17) is 0 Å². The molecule has 1 aliphatic heterocycles. The van der Waals surface area contributed by atoms with E-state index in [-0.39, 0.29) is 18.2 Å². The smallest absolute Gasteiger partial charge is 0.127 e. The molecule has 1 heterocycles. The van der Waals surface area contributed by atoms with Crippen LogP contribution in [0.25, 0.3) is 0 Å². The summed E-state index contributed by atoms with van der Waals surface area (Å²) in [6.07, 6.45) is 0. The van der Waals surface area contributed by atoms with Crippen LogP contribution in [-0.2, 0) is 6.54 Å². The van der Waals surface area contributed by atoms with Crippen LogP contribution in [-0.4, -0.2) is 30.1 Å². The minimum atomic E-state index is -0.118. The minimum Gasteiger partial charge on any atom is -0.309 e. The van der Waals surface area contributed by atoms with Gasteiger partial charge in [0.15, 0.2) is 0 Å². The zero-order valence-electron chi connectivity index (χ0n) is 10.6. The molecule has 1 saturated heterocycles. The maximum absolute atomic E-state index is 13.7. The SMILES string of the molecule is CC1CN(Cc2cc(Br)ccc2F)CC(C)N1.Cl. The van der Waals surface area contributed by atoms with Crippen LogP contribution in [0.1, 0.15) is 19.4 Å². The molecule has 0 spiro atoms. The third-order valence-corrected chi connectivity index (χ3v) is 3.53. The Morgan fingerprint density at radius 2 is 1.94 bits per heavy atom. The number of rotatable bonds is 2. The molecule has 1 aromatic rings. The second kappa shape index (κ2) is 6.85. The third kappa shape index (κ3) is 4.19. The summed E-state index contributed by atoms with van der Waals surface area (Å²) in [7, 11) is 0. The van der Waals surface area contributed by atoms with Gasteiger partial charge in [0, 0.05) is 41.8 Å². The molecule has 1 fully saturated rings.